The summed E-state index contributed by atoms with van der Waals surface area (Å²) in [6, 6.07) is 5.44. The van der Waals surface area contributed by atoms with Crippen molar-refractivity contribution in [2.45, 2.75) is 19.4 Å². The van der Waals surface area contributed by atoms with E-state index in [0.29, 0.717) is 10.6 Å². The van der Waals surface area contributed by atoms with E-state index in [1.807, 2.05) is 17.0 Å². The maximum absolute atomic E-state index is 12.4. The van der Waals surface area contributed by atoms with Crippen molar-refractivity contribution in [2.75, 3.05) is 38.8 Å². The number of fused-ring (bicyclic) bond motifs is 1. The molecule has 0 bridgehead atoms. The Balaban J connectivity index is 1.76. The molecule has 1 aliphatic rings. The monoisotopic (exact) mass is 437 g/mol. The van der Waals surface area contributed by atoms with Crippen LogP contribution in [-0.4, -0.2) is 66.1 Å². The van der Waals surface area contributed by atoms with E-state index in [1.54, 1.807) is 17.7 Å². The summed E-state index contributed by atoms with van der Waals surface area (Å²) in [6.45, 7) is 1.56. The van der Waals surface area contributed by atoms with Crippen LogP contribution in [0.3, 0.4) is 0 Å². The average molecular weight is 438 g/mol. The van der Waals surface area contributed by atoms with Gasteiger partial charge in [0, 0.05) is 13.1 Å². The summed E-state index contributed by atoms with van der Waals surface area (Å²) in [5, 5.41) is 0. The van der Waals surface area contributed by atoms with E-state index in [9.17, 15) is 14.4 Å². The summed E-state index contributed by atoms with van der Waals surface area (Å²) in [7, 11) is 2.89. The average Bonchev–Trinajstić information content (AvgIpc) is 3.36. The molecule has 10 heteroatoms. The molecule has 0 aliphatic carbocycles. The molecule has 1 saturated heterocycles. The Morgan fingerprint density at radius 1 is 1.17 bits per heavy atom. The lowest BCUT2D eigenvalue weighted by molar-refractivity contribution is -0.141. The van der Waals surface area contributed by atoms with Crippen LogP contribution in [0.2, 0.25) is 0 Å². The maximum atomic E-state index is 12.4. The Hall–Kier alpha value is -2.33. The van der Waals surface area contributed by atoms with Gasteiger partial charge in [0.05, 0.1) is 35.9 Å². The third-order valence-electron chi connectivity index (χ3n) is 4.53. The number of benzene rings is 1. The zero-order valence-electron chi connectivity index (χ0n) is 16.4. The summed E-state index contributed by atoms with van der Waals surface area (Å²) in [4.78, 5) is 42.7. The number of carbonyl (C=O) groups excluding carboxylic acids is 3. The van der Waals surface area contributed by atoms with Crippen molar-refractivity contribution < 1.29 is 23.9 Å². The predicted molar refractivity (Wildman–Crippen MR) is 112 cm³/mol. The van der Waals surface area contributed by atoms with Crippen LogP contribution in [0.25, 0.3) is 10.2 Å². The number of thioether (sulfide) groups is 1. The molecule has 1 aliphatic heterocycles. The Bertz CT molecular complexity index is 976. The van der Waals surface area contributed by atoms with Crippen LogP contribution in [0.15, 0.2) is 23.2 Å². The fourth-order valence-corrected chi connectivity index (χ4v) is 4.81. The van der Waals surface area contributed by atoms with Crippen molar-refractivity contribution >= 4 is 51.1 Å². The molecule has 1 aromatic carbocycles. The second-order valence-electron chi connectivity index (χ2n) is 6.47. The van der Waals surface area contributed by atoms with Gasteiger partial charge in [-0.3, -0.25) is 14.4 Å². The largest absolute Gasteiger partial charge is 0.497 e. The number of hydrogen-bond acceptors (Lipinski definition) is 7. The lowest BCUT2D eigenvalue weighted by atomic mass is 10.3. The summed E-state index contributed by atoms with van der Waals surface area (Å²) >= 11 is 2.56. The maximum Gasteiger partial charge on any atom is 0.325 e. The van der Waals surface area contributed by atoms with Crippen LogP contribution in [0, 0.1) is 0 Å². The fraction of sp³-hybridized carbons (Fsp3) is 0.474. The topological polar surface area (TPSA) is 90.2 Å². The first-order valence-corrected chi connectivity index (χ1v) is 11.2. The minimum Gasteiger partial charge on any atom is -0.497 e. The molecule has 2 heterocycles. The standard InChI is InChI=1S/C19H23N3O5S2/c1-26-13-5-6-14-15(9-13)29-19(22(14)10-18(25)27-2)20-16(23)11-28-12-17(24)21-7-3-4-8-21/h5-6,9H,3-4,7-8,10-12H2,1-2H3. The van der Waals surface area contributed by atoms with Gasteiger partial charge in [0.1, 0.15) is 12.3 Å². The van der Waals surface area contributed by atoms with Crippen molar-refractivity contribution in [3.63, 3.8) is 0 Å². The molecule has 3 rings (SSSR count). The summed E-state index contributed by atoms with van der Waals surface area (Å²) < 4.78 is 12.5. The molecule has 1 fully saturated rings. The molecule has 0 atom stereocenters. The second kappa shape index (κ2) is 9.93. The van der Waals surface area contributed by atoms with Gasteiger partial charge < -0.3 is 18.9 Å². The highest BCUT2D eigenvalue weighted by Crippen LogP contribution is 2.23. The number of aromatic nitrogens is 1. The number of likely N-dealkylation sites (tertiary alicyclic amines) is 1. The van der Waals surface area contributed by atoms with Gasteiger partial charge in [-0.25, -0.2) is 0 Å². The zero-order chi connectivity index (χ0) is 20.8. The molecule has 0 unspecified atom stereocenters. The van der Waals surface area contributed by atoms with E-state index in [1.165, 1.54) is 30.2 Å². The van der Waals surface area contributed by atoms with E-state index >= 15 is 0 Å². The fourth-order valence-electron chi connectivity index (χ4n) is 3.03. The third kappa shape index (κ3) is 5.39. The normalized spacial score (nSPS) is 14.4. The van der Waals surface area contributed by atoms with Crippen molar-refractivity contribution in [1.29, 1.82) is 0 Å². The van der Waals surface area contributed by atoms with Gasteiger partial charge in [0.2, 0.25) is 5.91 Å². The van der Waals surface area contributed by atoms with Crippen molar-refractivity contribution in [2.24, 2.45) is 4.99 Å². The van der Waals surface area contributed by atoms with Crippen molar-refractivity contribution in [1.82, 2.24) is 9.47 Å². The molecule has 2 amide bonds. The summed E-state index contributed by atoms with van der Waals surface area (Å²) in [6.07, 6.45) is 2.09. The number of nitrogens with zero attached hydrogens (tertiary/aromatic N) is 3. The SMILES string of the molecule is COC(=O)Cn1c(=NC(=O)CSCC(=O)N2CCCC2)sc2cc(OC)ccc21. The van der Waals surface area contributed by atoms with E-state index in [0.717, 1.165) is 36.1 Å². The first-order valence-electron chi connectivity index (χ1n) is 9.19. The lowest BCUT2D eigenvalue weighted by Crippen LogP contribution is -2.29. The lowest BCUT2D eigenvalue weighted by Gasteiger charge is -2.14. The Morgan fingerprint density at radius 3 is 2.62 bits per heavy atom. The number of rotatable bonds is 7. The van der Waals surface area contributed by atoms with Crippen molar-refractivity contribution in [3.8, 4) is 5.75 Å². The number of carbonyl (C=O) groups is 3. The van der Waals surface area contributed by atoms with Crippen LogP contribution in [0.1, 0.15) is 12.8 Å². The molecule has 0 N–H and O–H groups in total. The quantitative estimate of drug-likeness (QED) is 0.612. The Kier molecular flexibility index (Phi) is 7.32. The Morgan fingerprint density at radius 2 is 1.93 bits per heavy atom. The third-order valence-corrected chi connectivity index (χ3v) is 6.48. The van der Waals surface area contributed by atoms with Crippen LogP contribution >= 0.6 is 23.1 Å². The molecule has 0 spiro atoms. The van der Waals surface area contributed by atoms with Gasteiger partial charge in [-0.2, -0.15) is 4.99 Å². The predicted octanol–water partition coefficient (Wildman–Crippen LogP) is 1.67. The van der Waals surface area contributed by atoms with E-state index in [2.05, 4.69) is 4.99 Å². The molecular formula is C19H23N3O5S2. The molecule has 2 aromatic rings. The molecule has 0 saturated carbocycles. The number of ether oxygens (including phenoxy) is 2. The molecular weight excluding hydrogens is 414 g/mol. The van der Waals surface area contributed by atoms with Gasteiger partial charge in [-0.1, -0.05) is 11.3 Å². The first-order chi connectivity index (χ1) is 14.0. The number of methoxy groups -OCH3 is 2. The van der Waals surface area contributed by atoms with Crippen LogP contribution in [0.4, 0.5) is 0 Å². The van der Waals surface area contributed by atoms with E-state index < -0.39 is 5.97 Å². The number of esters is 1. The minimum absolute atomic E-state index is 0.0461. The highest BCUT2D eigenvalue weighted by Gasteiger charge is 2.18. The molecule has 156 valence electrons. The van der Waals surface area contributed by atoms with Gasteiger partial charge in [0.25, 0.3) is 5.91 Å². The van der Waals surface area contributed by atoms with Gasteiger partial charge in [-0.15, -0.1) is 11.8 Å². The van der Waals surface area contributed by atoms with E-state index in [4.69, 9.17) is 9.47 Å². The van der Waals surface area contributed by atoms with Gasteiger partial charge >= 0.3 is 5.97 Å². The van der Waals surface area contributed by atoms with Crippen molar-refractivity contribution in [3.05, 3.63) is 23.0 Å². The van der Waals surface area contributed by atoms with Gasteiger partial charge in [0.15, 0.2) is 4.80 Å². The molecule has 8 nitrogen and oxygen atoms in total. The molecule has 0 radical (unpaired) electrons. The highest BCUT2D eigenvalue weighted by molar-refractivity contribution is 8.00. The Labute approximate surface area is 176 Å². The van der Waals surface area contributed by atoms with Crippen LogP contribution in [-0.2, 0) is 25.7 Å². The van der Waals surface area contributed by atoms with Crippen LogP contribution in [0.5, 0.6) is 5.75 Å². The molecule has 1 aromatic heterocycles. The zero-order valence-corrected chi connectivity index (χ0v) is 18.0. The second-order valence-corrected chi connectivity index (χ2v) is 8.46. The number of thiazole rings is 1. The minimum atomic E-state index is -0.431. The number of hydrogen-bond donors (Lipinski definition) is 0. The first kappa shape index (κ1) is 21.4. The highest BCUT2D eigenvalue weighted by atomic mass is 32.2. The summed E-state index contributed by atoms with van der Waals surface area (Å²) in [5.41, 5.74) is 0.768. The summed E-state index contributed by atoms with van der Waals surface area (Å²) in [5.74, 6) is 0.344. The number of amides is 2. The molecule has 29 heavy (non-hydrogen) atoms. The van der Waals surface area contributed by atoms with E-state index in [-0.39, 0.29) is 29.9 Å². The van der Waals surface area contributed by atoms with Crippen LogP contribution < -0.4 is 9.54 Å². The smallest absolute Gasteiger partial charge is 0.325 e. The van der Waals surface area contributed by atoms with Gasteiger partial charge in [-0.05, 0) is 31.0 Å².